The van der Waals surface area contributed by atoms with Crippen LogP contribution in [0, 0.1) is 0 Å². The third kappa shape index (κ3) is 6.31. The van der Waals surface area contributed by atoms with Crippen LogP contribution in [0.3, 0.4) is 0 Å². The first-order chi connectivity index (χ1) is 6.17. The van der Waals surface area contributed by atoms with Crippen molar-refractivity contribution in [3.05, 3.63) is 23.4 Å². The average molecular weight is 369 g/mol. The maximum Gasteiger partial charge on any atom is -0.0683 e. The predicted molar refractivity (Wildman–Crippen MR) is 57.1 cm³/mol. The zero-order chi connectivity index (χ0) is 10.9. The second-order valence-electron chi connectivity index (χ2n) is 2.70. The van der Waals surface area contributed by atoms with E-state index < -0.39 is 0 Å². The summed E-state index contributed by atoms with van der Waals surface area (Å²) in [7, 11) is 0. The van der Waals surface area contributed by atoms with Crippen LogP contribution in [-0.4, -0.2) is 0 Å². The zero-order valence-corrected chi connectivity index (χ0v) is 15.2. The van der Waals surface area contributed by atoms with Gasteiger partial charge in [-0.05, 0) is 0 Å². The van der Waals surface area contributed by atoms with Gasteiger partial charge >= 0.3 is 85.9 Å². The van der Waals surface area contributed by atoms with Gasteiger partial charge in [-0.3, -0.25) is 0 Å². The van der Waals surface area contributed by atoms with E-state index in [0.717, 1.165) is 29.5 Å². The van der Waals surface area contributed by atoms with Crippen LogP contribution < -0.4 is 5.73 Å². The molecule has 13 heavy (non-hydrogen) atoms. The fourth-order valence-electron chi connectivity index (χ4n) is 1.10. The molecule has 0 rings (SSSR count). The van der Waals surface area contributed by atoms with E-state index in [9.17, 15) is 0 Å². The van der Waals surface area contributed by atoms with E-state index in [4.69, 9.17) is 5.73 Å². The van der Waals surface area contributed by atoms with E-state index in [2.05, 4.69) is 26.8 Å². The van der Waals surface area contributed by atoms with Gasteiger partial charge in [-0.25, -0.2) is 0 Å². The Balaban J connectivity index is 0. The Kier molecular flexibility index (Phi) is 12.4. The van der Waals surface area contributed by atoms with Crippen LogP contribution in [0.25, 0.3) is 0 Å². The molecule has 0 saturated carbocycles. The summed E-state index contributed by atoms with van der Waals surface area (Å²) in [6, 6.07) is 0. The molecule has 0 radical (unpaired) electrons. The third-order valence-electron chi connectivity index (χ3n) is 1.95. The molecular weight excluding hydrogens is 347 g/mol. The Labute approximate surface area is 99.4 Å². The first-order valence-electron chi connectivity index (χ1n) is 5.05. The summed E-state index contributed by atoms with van der Waals surface area (Å²) in [5, 5.41) is 0. The second-order valence-corrected chi connectivity index (χ2v) is 6.53. The van der Waals surface area contributed by atoms with Crippen LogP contribution in [0.5, 0.6) is 0 Å². The van der Waals surface area contributed by atoms with Crippen molar-refractivity contribution in [2.24, 2.45) is 5.73 Å². The molecule has 0 fully saturated rings. The molecule has 0 saturated heterocycles. The van der Waals surface area contributed by atoms with Gasteiger partial charge in [-0.1, -0.05) is 13.8 Å². The van der Waals surface area contributed by atoms with Crippen LogP contribution in [-0.2, 0) is 26.1 Å². The van der Waals surface area contributed by atoms with Crippen molar-refractivity contribution in [2.75, 3.05) is 0 Å². The van der Waals surface area contributed by atoms with E-state index in [1.807, 2.05) is 13.8 Å². The number of hydrogen-bond donors (Lipinski definition) is 1. The van der Waals surface area contributed by atoms with Crippen molar-refractivity contribution < 1.29 is 26.1 Å². The van der Waals surface area contributed by atoms with Crippen molar-refractivity contribution in [3.63, 3.8) is 0 Å². The molecular formula is C11H22HgN. The van der Waals surface area contributed by atoms with Crippen molar-refractivity contribution in [1.29, 1.82) is 0 Å². The number of allylic oxidation sites excluding steroid dienone is 3. The molecule has 1 atom stereocenters. The van der Waals surface area contributed by atoms with E-state index >= 15 is 0 Å². The zero-order valence-electron chi connectivity index (χ0n) is 9.72. The Bertz CT molecular complexity index is 171. The number of nitrogens with two attached hydrogens (primary N) is 1. The van der Waals surface area contributed by atoms with E-state index in [1.165, 1.54) is 17.6 Å². The molecule has 2 N–H and O–H groups in total. The molecule has 0 aromatic heterocycles. The van der Waals surface area contributed by atoms with Gasteiger partial charge in [0, 0.05) is 0 Å². The molecule has 0 amide bonds. The normalized spacial score (nSPS) is 14.7. The van der Waals surface area contributed by atoms with Crippen LogP contribution in [0.4, 0.5) is 0 Å². The Hall–Kier alpha value is 0.215. The standard InChI is InChI=1S/C9H16N.C2H6.Hg/c1-4-6-9(5-2)8(3)7-10;1-2;/h5-7H,4,10H2,1-3H3;1-2H3;/b8-7-,9-5-;;. The summed E-state index contributed by atoms with van der Waals surface area (Å²) in [6.07, 6.45) is 5.17. The fourth-order valence-corrected chi connectivity index (χ4v) is 3.27. The summed E-state index contributed by atoms with van der Waals surface area (Å²) in [4.78, 5) is 0. The van der Waals surface area contributed by atoms with Crippen LogP contribution in [0.1, 0.15) is 41.0 Å². The van der Waals surface area contributed by atoms with Gasteiger partial charge in [0.05, 0.1) is 0 Å². The Morgan fingerprint density at radius 1 is 1.46 bits per heavy atom. The van der Waals surface area contributed by atoms with Gasteiger partial charge in [0.15, 0.2) is 0 Å². The van der Waals surface area contributed by atoms with E-state index in [1.54, 1.807) is 6.20 Å². The van der Waals surface area contributed by atoms with Crippen molar-refractivity contribution in [2.45, 2.75) is 44.5 Å². The Morgan fingerprint density at radius 3 is 2.15 bits per heavy atom. The summed E-state index contributed by atoms with van der Waals surface area (Å²) >= 11 is 0.819. The maximum atomic E-state index is 5.46. The van der Waals surface area contributed by atoms with E-state index in [0.29, 0.717) is 0 Å². The molecule has 2 heteroatoms. The third-order valence-corrected chi connectivity index (χ3v) is 5.90. The quantitative estimate of drug-likeness (QED) is 0.598. The minimum atomic E-state index is 0.819. The van der Waals surface area contributed by atoms with Gasteiger partial charge in [0.2, 0.25) is 0 Å². The molecule has 0 aromatic carbocycles. The Morgan fingerprint density at radius 2 is 1.92 bits per heavy atom. The van der Waals surface area contributed by atoms with Crippen LogP contribution in [0.2, 0.25) is 3.43 Å². The minimum absolute atomic E-state index is 0.819. The predicted octanol–water partition coefficient (Wildman–Crippen LogP) is 3.57. The van der Waals surface area contributed by atoms with Crippen molar-refractivity contribution >= 4 is 0 Å². The number of hydrogen-bond acceptors (Lipinski definition) is 1. The molecule has 0 bridgehead atoms. The molecule has 0 aromatic rings. The average Bonchev–Trinajstić information content (AvgIpc) is 2.21. The summed E-state index contributed by atoms with van der Waals surface area (Å²) in [6.45, 7) is 10.4. The first-order valence-corrected chi connectivity index (χ1v) is 8.22. The molecule has 0 spiro atoms. The van der Waals surface area contributed by atoms with Crippen LogP contribution >= 0.6 is 0 Å². The van der Waals surface area contributed by atoms with Gasteiger partial charge in [-0.2, -0.15) is 0 Å². The largest absolute Gasteiger partial charge is 0.0683 e. The summed E-state index contributed by atoms with van der Waals surface area (Å²) in [5.41, 5.74) is 8.16. The molecule has 0 heterocycles. The minimum Gasteiger partial charge on any atom is -0.0683 e. The molecule has 73 valence electrons. The van der Waals surface area contributed by atoms with E-state index in [-0.39, 0.29) is 0 Å². The molecule has 1 unspecified atom stereocenters. The SMILES string of the molecule is C/C=C(\C(C)=C/N)[CH]([Hg])CC.CC. The number of rotatable bonds is 3. The smallest absolute Gasteiger partial charge is 0.0683 e. The van der Waals surface area contributed by atoms with Gasteiger partial charge in [0.25, 0.3) is 0 Å². The summed E-state index contributed by atoms with van der Waals surface area (Å²) < 4.78 is 0.819. The van der Waals surface area contributed by atoms with Gasteiger partial charge in [0.1, 0.15) is 0 Å². The second kappa shape index (κ2) is 10.3. The van der Waals surface area contributed by atoms with Crippen LogP contribution in [0.15, 0.2) is 23.4 Å². The van der Waals surface area contributed by atoms with Gasteiger partial charge in [-0.15, -0.1) is 0 Å². The van der Waals surface area contributed by atoms with Crippen molar-refractivity contribution in [3.8, 4) is 0 Å². The first kappa shape index (κ1) is 15.7. The maximum absolute atomic E-state index is 5.46. The van der Waals surface area contributed by atoms with Crippen molar-refractivity contribution in [1.82, 2.24) is 0 Å². The molecule has 0 aliphatic rings. The molecule has 0 aliphatic carbocycles. The monoisotopic (exact) mass is 370 g/mol. The topological polar surface area (TPSA) is 26.0 Å². The fraction of sp³-hybridized carbons (Fsp3) is 0.636. The molecule has 1 nitrogen and oxygen atoms in total. The van der Waals surface area contributed by atoms with Gasteiger partial charge < -0.3 is 0 Å². The molecule has 0 aliphatic heterocycles. The summed E-state index contributed by atoms with van der Waals surface area (Å²) in [5.74, 6) is 0.